The van der Waals surface area contributed by atoms with Crippen molar-refractivity contribution in [1.82, 2.24) is 9.97 Å². The zero-order valence-corrected chi connectivity index (χ0v) is 12.1. The molecule has 0 aliphatic heterocycles. The predicted octanol–water partition coefficient (Wildman–Crippen LogP) is 2.46. The predicted molar refractivity (Wildman–Crippen MR) is 78.5 cm³/mol. The molecule has 1 heterocycles. The van der Waals surface area contributed by atoms with Crippen LogP contribution in [-0.2, 0) is 17.6 Å². The fraction of sp³-hybridized carbons (Fsp3) is 0.312. The van der Waals surface area contributed by atoms with Gasteiger partial charge in [0, 0.05) is 5.69 Å². The Hall–Kier alpha value is -2.43. The van der Waals surface area contributed by atoms with Crippen molar-refractivity contribution >= 4 is 5.97 Å². The molecule has 0 saturated carbocycles. The van der Waals surface area contributed by atoms with Crippen LogP contribution in [0.25, 0.3) is 0 Å². The van der Waals surface area contributed by atoms with E-state index in [9.17, 15) is 9.90 Å². The number of nitrogens with zero attached hydrogens (tertiary/aromatic N) is 2. The minimum absolute atomic E-state index is 0.388. The van der Waals surface area contributed by atoms with E-state index >= 15 is 0 Å². The van der Waals surface area contributed by atoms with E-state index in [1.165, 1.54) is 6.33 Å². The Labute approximate surface area is 123 Å². The third-order valence-corrected chi connectivity index (χ3v) is 3.36. The summed E-state index contributed by atoms with van der Waals surface area (Å²) in [6.07, 6.45) is 2.57. The number of rotatable bonds is 6. The topological polar surface area (TPSA) is 72.3 Å². The second kappa shape index (κ2) is 6.83. The molecule has 0 aliphatic rings. The Balaban J connectivity index is 2.23. The second-order valence-corrected chi connectivity index (χ2v) is 4.73. The summed E-state index contributed by atoms with van der Waals surface area (Å²) in [5.41, 5.74) is 2.33. The third kappa shape index (κ3) is 3.78. The van der Waals surface area contributed by atoms with Gasteiger partial charge in [-0.1, -0.05) is 19.1 Å². The van der Waals surface area contributed by atoms with Crippen LogP contribution in [0.15, 0.2) is 36.7 Å². The number of ether oxygens (including phenoxy) is 1. The quantitative estimate of drug-likeness (QED) is 0.883. The van der Waals surface area contributed by atoms with Crippen molar-refractivity contribution in [3.63, 3.8) is 0 Å². The van der Waals surface area contributed by atoms with Crippen molar-refractivity contribution in [1.29, 1.82) is 0 Å². The summed E-state index contributed by atoms with van der Waals surface area (Å²) < 4.78 is 5.10. The Morgan fingerprint density at radius 1 is 1.29 bits per heavy atom. The van der Waals surface area contributed by atoms with Crippen LogP contribution in [0.3, 0.4) is 0 Å². The molecule has 0 aliphatic carbocycles. The number of hydrogen-bond acceptors (Lipinski definition) is 4. The molecule has 1 aromatic carbocycles. The average molecular weight is 286 g/mol. The lowest BCUT2D eigenvalue weighted by Gasteiger charge is -2.13. The molecule has 1 N–H and O–H groups in total. The van der Waals surface area contributed by atoms with Gasteiger partial charge in [0.2, 0.25) is 0 Å². The molecule has 5 heteroatoms. The third-order valence-electron chi connectivity index (χ3n) is 3.36. The number of aliphatic carboxylic acids is 1. The molecule has 21 heavy (non-hydrogen) atoms. The monoisotopic (exact) mass is 286 g/mol. The van der Waals surface area contributed by atoms with Gasteiger partial charge in [0.15, 0.2) is 0 Å². The van der Waals surface area contributed by atoms with Crippen LogP contribution in [0.1, 0.15) is 29.8 Å². The smallest absolute Gasteiger partial charge is 0.312 e. The molecule has 1 aromatic heterocycles. The van der Waals surface area contributed by atoms with E-state index in [1.54, 1.807) is 13.2 Å². The van der Waals surface area contributed by atoms with Crippen molar-refractivity contribution in [2.75, 3.05) is 7.11 Å². The average Bonchev–Trinajstić information content (AvgIpc) is 2.53. The summed E-state index contributed by atoms with van der Waals surface area (Å²) in [5, 5.41) is 9.47. The molecule has 0 bridgehead atoms. The first-order valence-corrected chi connectivity index (χ1v) is 6.80. The van der Waals surface area contributed by atoms with Crippen molar-refractivity contribution in [3.05, 3.63) is 53.6 Å². The van der Waals surface area contributed by atoms with Gasteiger partial charge < -0.3 is 9.84 Å². The first-order valence-electron chi connectivity index (χ1n) is 6.80. The highest BCUT2D eigenvalue weighted by Gasteiger charge is 2.22. The number of hydrogen-bond donors (Lipinski definition) is 1. The van der Waals surface area contributed by atoms with Crippen LogP contribution >= 0.6 is 0 Å². The molecule has 0 amide bonds. The number of carbonyl (C=O) groups is 1. The summed E-state index contributed by atoms with van der Waals surface area (Å²) in [5.74, 6) is -0.806. The van der Waals surface area contributed by atoms with Gasteiger partial charge in [-0.05, 0) is 36.6 Å². The number of benzene rings is 1. The molecule has 110 valence electrons. The van der Waals surface area contributed by atoms with E-state index in [0.717, 1.165) is 23.4 Å². The van der Waals surface area contributed by atoms with Crippen molar-refractivity contribution in [2.45, 2.75) is 25.7 Å². The highest BCUT2D eigenvalue weighted by molar-refractivity contribution is 5.75. The first kappa shape index (κ1) is 15.0. The minimum Gasteiger partial charge on any atom is -0.497 e. The molecular formula is C16H18N2O3. The Morgan fingerprint density at radius 2 is 2.00 bits per heavy atom. The Kier molecular flexibility index (Phi) is 4.87. The van der Waals surface area contributed by atoms with Crippen LogP contribution in [0.4, 0.5) is 0 Å². The molecule has 2 rings (SSSR count). The SMILES string of the molecule is CCc1cc(C(Cc2ccc(OC)cc2)C(=O)O)ncn1. The van der Waals surface area contributed by atoms with Gasteiger partial charge in [0.25, 0.3) is 0 Å². The van der Waals surface area contributed by atoms with Crippen LogP contribution in [-0.4, -0.2) is 28.2 Å². The molecule has 0 spiro atoms. The fourth-order valence-corrected chi connectivity index (χ4v) is 2.11. The molecule has 0 fully saturated rings. The zero-order chi connectivity index (χ0) is 15.2. The number of carboxylic acid groups (broad SMARTS) is 1. The fourth-order valence-electron chi connectivity index (χ4n) is 2.11. The van der Waals surface area contributed by atoms with E-state index in [2.05, 4.69) is 9.97 Å². The maximum atomic E-state index is 11.5. The molecule has 1 atom stereocenters. The summed E-state index contributed by atoms with van der Waals surface area (Å²) in [4.78, 5) is 19.8. The largest absolute Gasteiger partial charge is 0.497 e. The molecule has 0 saturated heterocycles. The standard InChI is InChI=1S/C16H18N2O3/c1-3-12-9-15(18-10-17-12)14(16(19)20)8-11-4-6-13(21-2)7-5-11/h4-7,9-10,14H,3,8H2,1-2H3,(H,19,20). The van der Waals surface area contributed by atoms with Crippen LogP contribution in [0.5, 0.6) is 5.75 Å². The van der Waals surface area contributed by atoms with Crippen LogP contribution in [0, 0.1) is 0 Å². The van der Waals surface area contributed by atoms with Crippen LogP contribution in [0.2, 0.25) is 0 Å². The summed E-state index contributed by atoms with van der Waals surface area (Å²) >= 11 is 0. The van der Waals surface area contributed by atoms with E-state index in [1.807, 2.05) is 31.2 Å². The molecule has 5 nitrogen and oxygen atoms in total. The lowest BCUT2D eigenvalue weighted by atomic mass is 9.95. The van der Waals surface area contributed by atoms with Gasteiger partial charge in [0.05, 0.1) is 12.8 Å². The Bertz CT molecular complexity index is 611. The van der Waals surface area contributed by atoms with Crippen molar-refractivity contribution < 1.29 is 14.6 Å². The maximum absolute atomic E-state index is 11.5. The second-order valence-electron chi connectivity index (χ2n) is 4.73. The zero-order valence-electron chi connectivity index (χ0n) is 12.1. The molecule has 2 aromatic rings. The number of aryl methyl sites for hydroxylation is 1. The normalized spacial score (nSPS) is 11.9. The molecule has 1 unspecified atom stereocenters. The number of carboxylic acids is 1. The minimum atomic E-state index is -0.883. The summed E-state index contributed by atoms with van der Waals surface area (Å²) in [7, 11) is 1.60. The van der Waals surface area contributed by atoms with Crippen LogP contribution < -0.4 is 4.74 Å². The van der Waals surface area contributed by atoms with Crippen molar-refractivity contribution in [2.24, 2.45) is 0 Å². The van der Waals surface area contributed by atoms with E-state index < -0.39 is 11.9 Å². The summed E-state index contributed by atoms with van der Waals surface area (Å²) in [6, 6.07) is 9.16. The lowest BCUT2D eigenvalue weighted by Crippen LogP contribution is -2.16. The molecule has 0 radical (unpaired) electrons. The summed E-state index contributed by atoms with van der Waals surface area (Å²) in [6.45, 7) is 1.98. The lowest BCUT2D eigenvalue weighted by molar-refractivity contribution is -0.138. The first-order chi connectivity index (χ1) is 10.1. The maximum Gasteiger partial charge on any atom is 0.312 e. The highest BCUT2D eigenvalue weighted by atomic mass is 16.5. The van der Waals surface area contributed by atoms with Gasteiger partial charge >= 0.3 is 5.97 Å². The Morgan fingerprint density at radius 3 is 2.57 bits per heavy atom. The van der Waals surface area contributed by atoms with Gasteiger partial charge in [-0.15, -0.1) is 0 Å². The van der Waals surface area contributed by atoms with Gasteiger partial charge in [-0.3, -0.25) is 4.79 Å². The molecular weight excluding hydrogens is 268 g/mol. The van der Waals surface area contributed by atoms with Gasteiger partial charge in [0.1, 0.15) is 18.0 Å². The van der Waals surface area contributed by atoms with Crippen molar-refractivity contribution in [3.8, 4) is 5.75 Å². The highest BCUT2D eigenvalue weighted by Crippen LogP contribution is 2.21. The number of aromatic nitrogens is 2. The van der Waals surface area contributed by atoms with Gasteiger partial charge in [-0.25, -0.2) is 9.97 Å². The number of methoxy groups -OCH3 is 1. The van der Waals surface area contributed by atoms with E-state index in [4.69, 9.17) is 4.74 Å². The van der Waals surface area contributed by atoms with Gasteiger partial charge in [-0.2, -0.15) is 0 Å². The van der Waals surface area contributed by atoms with E-state index in [-0.39, 0.29) is 0 Å². The van der Waals surface area contributed by atoms with E-state index in [0.29, 0.717) is 12.1 Å².